The Morgan fingerprint density at radius 1 is 1.59 bits per heavy atom. The van der Waals surface area contributed by atoms with Gasteiger partial charge in [-0.15, -0.1) is 0 Å². The Morgan fingerprint density at radius 3 is 2.94 bits per heavy atom. The molecule has 0 unspecified atom stereocenters. The van der Waals surface area contributed by atoms with Crippen LogP contribution in [0, 0.1) is 10.1 Å². The van der Waals surface area contributed by atoms with Crippen LogP contribution in [0.2, 0.25) is 0 Å². The number of hydrogen-bond donors (Lipinski definition) is 1. The third-order valence-corrected chi connectivity index (χ3v) is 2.10. The number of aromatic nitrogens is 3. The molecule has 8 heteroatoms. The lowest BCUT2D eigenvalue weighted by Crippen LogP contribution is -2.28. The van der Waals surface area contributed by atoms with Crippen LogP contribution < -0.4 is 5.32 Å². The topological polar surface area (TPSA) is 103 Å². The third kappa shape index (κ3) is 4.58. The highest BCUT2D eigenvalue weighted by Crippen LogP contribution is 1.99. The van der Waals surface area contributed by atoms with E-state index in [0.29, 0.717) is 6.54 Å². The van der Waals surface area contributed by atoms with Crippen molar-refractivity contribution in [3.63, 3.8) is 0 Å². The average molecular weight is 241 g/mol. The summed E-state index contributed by atoms with van der Waals surface area (Å²) < 4.78 is 1.15. The summed E-state index contributed by atoms with van der Waals surface area (Å²) in [5.74, 6) is -0.718. The number of nitrogens with zero attached hydrogens (tertiary/aromatic N) is 4. The quantitative estimate of drug-likeness (QED) is 0.425. The number of unbranched alkanes of at least 4 members (excludes halogenated alkanes) is 2. The van der Waals surface area contributed by atoms with Crippen LogP contribution in [0.25, 0.3) is 0 Å². The van der Waals surface area contributed by atoms with E-state index >= 15 is 0 Å². The largest absolute Gasteiger partial charge is 0.490 e. The molecule has 1 N–H and O–H groups in total. The molecule has 1 rings (SSSR count). The van der Waals surface area contributed by atoms with Crippen LogP contribution in [0.1, 0.15) is 26.2 Å². The molecule has 0 radical (unpaired) electrons. The first-order valence-electron chi connectivity index (χ1n) is 5.44. The number of hydrogen-bond acceptors (Lipinski definition) is 5. The van der Waals surface area contributed by atoms with Gasteiger partial charge < -0.3 is 15.4 Å². The van der Waals surface area contributed by atoms with E-state index in [-0.39, 0.29) is 12.5 Å². The molecule has 0 bridgehead atoms. The predicted octanol–water partition coefficient (Wildman–Crippen LogP) is 0.493. The van der Waals surface area contributed by atoms with Crippen molar-refractivity contribution in [1.82, 2.24) is 20.1 Å². The highest BCUT2D eigenvalue weighted by atomic mass is 16.6. The summed E-state index contributed by atoms with van der Waals surface area (Å²) in [5.41, 5.74) is 0. The van der Waals surface area contributed by atoms with Gasteiger partial charge in [0.05, 0.1) is 0 Å². The minimum Gasteiger partial charge on any atom is -0.390 e. The van der Waals surface area contributed by atoms with Gasteiger partial charge in [0, 0.05) is 11.6 Å². The van der Waals surface area contributed by atoms with Crippen molar-refractivity contribution in [2.45, 2.75) is 32.7 Å². The summed E-state index contributed by atoms with van der Waals surface area (Å²) in [6.45, 7) is 2.65. The normalized spacial score (nSPS) is 10.2. The average Bonchev–Trinajstić information content (AvgIpc) is 2.73. The van der Waals surface area contributed by atoms with Crippen molar-refractivity contribution in [3.05, 3.63) is 16.4 Å². The fourth-order valence-corrected chi connectivity index (χ4v) is 1.25. The van der Waals surface area contributed by atoms with Gasteiger partial charge in [-0.2, -0.15) is 4.68 Å². The van der Waals surface area contributed by atoms with Crippen LogP contribution in [0.3, 0.4) is 0 Å². The fraction of sp³-hybridized carbons (Fsp3) is 0.667. The second-order valence-electron chi connectivity index (χ2n) is 3.56. The third-order valence-electron chi connectivity index (χ3n) is 2.10. The first kappa shape index (κ1) is 13.1. The van der Waals surface area contributed by atoms with E-state index in [2.05, 4.69) is 22.3 Å². The molecule has 1 amide bonds. The Labute approximate surface area is 98.2 Å². The Hall–Kier alpha value is -1.99. The Morgan fingerprint density at radius 2 is 2.35 bits per heavy atom. The number of carbonyl (C=O) groups excluding carboxylic acids is 1. The van der Waals surface area contributed by atoms with Crippen molar-refractivity contribution in [2.75, 3.05) is 6.54 Å². The van der Waals surface area contributed by atoms with Crippen LogP contribution >= 0.6 is 0 Å². The van der Waals surface area contributed by atoms with Gasteiger partial charge in [-0.3, -0.25) is 4.79 Å². The van der Waals surface area contributed by atoms with E-state index < -0.39 is 10.9 Å². The lowest BCUT2D eigenvalue weighted by atomic mass is 10.2. The molecule has 0 atom stereocenters. The van der Waals surface area contributed by atoms with Crippen molar-refractivity contribution in [2.24, 2.45) is 0 Å². The van der Waals surface area contributed by atoms with Gasteiger partial charge in [-0.25, -0.2) is 0 Å². The predicted molar refractivity (Wildman–Crippen MR) is 59.2 cm³/mol. The molecular weight excluding hydrogens is 226 g/mol. The molecule has 0 aliphatic rings. The number of nitro groups is 1. The van der Waals surface area contributed by atoms with Gasteiger partial charge in [0.2, 0.25) is 12.2 Å². The van der Waals surface area contributed by atoms with Gasteiger partial charge in [-0.05, 0) is 11.3 Å². The summed E-state index contributed by atoms with van der Waals surface area (Å²) >= 11 is 0. The zero-order valence-corrected chi connectivity index (χ0v) is 9.63. The molecule has 1 aromatic heterocycles. The highest BCUT2D eigenvalue weighted by molar-refractivity contribution is 5.75. The molecule has 0 aliphatic heterocycles. The molecule has 0 spiro atoms. The number of amides is 1. The number of nitrogens with one attached hydrogen (secondary N) is 1. The van der Waals surface area contributed by atoms with Crippen LogP contribution in [0.5, 0.6) is 0 Å². The van der Waals surface area contributed by atoms with Crippen molar-refractivity contribution < 1.29 is 9.72 Å². The Bertz CT molecular complexity index is 390. The molecule has 1 heterocycles. The maximum absolute atomic E-state index is 11.4. The zero-order chi connectivity index (χ0) is 12.7. The van der Waals surface area contributed by atoms with Crippen LogP contribution in [-0.4, -0.2) is 32.1 Å². The fourth-order valence-electron chi connectivity index (χ4n) is 1.25. The van der Waals surface area contributed by atoms with E-state index in [1.807, 2.05) is 0 Å². The molecular formula is C9H15N5O3. The first-order valence-corrected chi connectivity index (χ1v) is 5.44. The molecule has 0 fully saturated rings. The summed E-state index contributed by atoms with van der Waals surface area (Å²) in [6.07, 6.45) is 4.25. The summed E-state index contributed by atoms with van der Waals surface area (Å²) in [6, 6.07) is 0. The van der Waals surface area contributed by atoms with Crippen molar-refractivity contribution >= 4 is 11.9 Å². The second kappa shape index (κ2) is 6.56. The highest BCUT2D eigenvalue weighted by Gasteiger charge is 2.14. The summed E-state index contributed by atoms with van der Waals surface area (Å²) in [7, 11) is 0. The monoisotopic (exact) mass is 241 g/mol. The number of carbonyl (C=O) groups is 1. The Balaban J connectivity index is 2.32. The van der Waals surface area contributed by atoms with Gasteiger partial charge >= 0.3 is 5.95 Å². The zero-order valence-electron chi connectivity index (χ0n) is 9.63. The SMILES string of the molecule is CCCCCNC(=O)Cn1cnc([N+](=O)[O-])n1. The minimum atomic E-state index is -0.699. The smallest absolute Gasteiger partial charge is 0.390 e. The molecule has 0 aliphatic carbocycles. The number of rotatable bonds is 7. The van der Waals surface area contributed by atoms with E-state index in [1.165, 1.54) is 6.33 Å². The van der Waals surface area contributed by atoms with Crippen molar-refractivity contribution in [1.29, 1.82) is 0 Å². The molecule has 0 saturated heterocycles. The second-order valence-corrected chi connectivity index (χ2v) is 3.56. The van der Waals surface area contributed by atoms with E-state index in [9.17, 15) is 14.9 Å². The van der Waals surface area contributed by atoms with Gasteiger partial charge in [0.25, 0.3) is 0 Å². The molecule has 0 aromatic carbocycles. The van der Waals surface area contributed by atoms with Gasteiger partial charge in [0.15, 0.2) is 0 Å². The lowest BCUT2D eigenvalue weighted by Gasteiger charge is -2.02. The van der Waals surface area contributed by atoms with Crippen LogP contribution in [0.4, 0.5) is 5.95 Å². The van der Waals surface area contributed by atoms with Gasteiger partial charge in [-0.1, -0.05) is 24.7 Å². The van der Waals surface area contributed by atoms with Crippen LogP contribution in [0.15, 0.2) is 6.33 Å². The maximum Gasteiger partial charge on any atom is 0.490 e. The van der Waals surface area contributed by atoms with Gasteiger partial charge in [0.1, 0.15) is 6.54 Å². The molecule has 8 nitrogen and oxygen atoms in total. The molecule has 17 heavy (non-hydrogen) atoms. The Kier molecular flexibility index (Phi) is 5.05. The lowest BCUT2D eigenvalue weighted by molar-refractivity contribution is -0.394. The van der Waals surface area contributed by atoms with E-state index in [0.717, 1.165) is 23.9 Å². The van der Waals surface area contributed by atoms with E-state index in [1.54, 1.807) is 0 Å². The maximum atomic E-state index is 11.4. The van der Waals surface area contributed by atoms with E-state index in [4.69, 9.17) is 0 Å². The summed E-state index contributed by atoms with van der Waals surface area (Å²) in [4.78, 5) is 24.4. The molecule has 1 aromatic rings. The first-order chi connectivity index (χ1) is 8.13. The standard InChI is InChI=1S/C9H15N5O3/c1-2-3-4-5-10-8(15)6-13-7-11-9(12-13)14(16)17/h7H,2-6H2,1H3,(H,10,15). The van der Waals surface area contributed by atoms with Crippen molar-refractivity contribution in [3.8, 4) is 0 Å². The molecule has 94 valence electrons. The summed E-state index contributed by atoms with van der Waals surface area (Å²) in [5, 5.41) is 16.6. The van der Waals surface area contributed by atoms with Crippen LogP contribution in [-0.2, 0) is 11.3 Å². The molecule has 0 saturated carbocycles. The minimum absolute atomic E-state index is 0.0486.